The minimum atomic E-state index is -0.143. The van der Waals surface area contributed by atoms with Crippen LogP contribution in [0.3, 0.4) is 0 Å². The summed E-state index contributed by atoms with van der Waals surface area (Å²) in [5, 5.41) is 12.3. The molecule has 1 heteroatoms. The van der Waals surface area contributed by atoms with Crippen molar-refractivity contribution in [2.45, 2.75) is 19.3 Å². The van der Waals surface area contributed by atoms with E-state index < -0.39 is 0 Å². The summed E-state index contributed by atoms with van der Waals surface area (Å²) in [6.07, 6.45) is 0. The van der Waals surface area contributed by atoms with Gasteiger partial charge in [0.2, 0.25) is 0 Å². The van der Waals surface area contributed by atoms with E-state index in [1.165, 1.54) is 104 Å². The van der Waals surface area contributed by atoms with Crippen molar-refractivity contribution in [2.75, 3.05) is 0 Å². The maximum atomic E-state index is 6.43. The molecule has 0 saturated heterocycles. The third kappa shape index (κ3) is 4.37. The predicted octanol–water partition coefficient (Wildman–Crippen LogP) is 15.5. The number of hydrogen-bond acceptors (Lipinski definition) is 1. The molecule has 0 saturated carbocycles. The molecule has 0 bridgehead atoms. The quantitative estimate of drug-likeness (QED) is 0.166. The van der Waals surface area contributed by atoms with Crippen LogP contribution in [0.15, 0.2) is 186 Å². The highest BCUT2D eigenvalue weighted by molar-refractivity contribution is 6.24. The topological polar surface area (TPSA) is 13.1 Å². The summed E-state index contributed by atoms with van der Waals surface area (Å²) < 4.78 is 6.43. The second-order valence-electron chi connectivity index (χ2n) is 16.0. The predicted molar refractivity (Wildman–Crippen MR) is 238 cm³/mol. The van der Waals surface area contributed by atoms with E-state index in [2.05, 4.69) is 196 Å². The van der Waals surface area contributed by atoms with E-state index in [9.17, 15) is 0 Å². The molecule has 12 rings (SSSR count). The molecule has 262 valence electrons. The van der Waals surface area contributed by atoms with Crippen LogP contribution in [0.4, 0.5) is 0 Å². The molecule has 11 aromatic rings. The van der Waals surface area contributed by atoms with Crippen molar-refractivity contribution in [2.24, 2.45) is 0 Å². The normalized spacial score (nSPS) is 13.3. The molecule has 1 nitrogen and oxygen atoms in total. The summed E-state index contributed by atoms with van der Waals surface area (Å²) in [5.74, 6) is 0. The fraction of sp³-hybridized carbons (Fsp3) is 0.0545. The molecule has 0 N–H and O–H groups in total. The van der Waals surface area contributed by atoms with Gasteiger partial charge >= 0.3 is 0 Å². The zero-order valence-corrected chi connectivity index (χ0v) is 31.2. The number of benzene rings is 10. The summed E-state index contributed by atoms with van der Waals surface area (Å²) >= 11 is 0. The second kappa shape index (κ2) is 11.5. The number of fused-ring (bicyclic) bond motifs is 11. The van der Waals surface area contributed by atoms with Gasteiger partial charge in [-0.2, -0.15) is 0 Å². The zero-order valence-electron chi connectivity index (χ0n) is 31.2. The Hall–Kier alpha value is -6.96. The third-order valence-corrected chi connectivity index (χ3v) is 12.6. The molecule has 1 aliphatic rings. The van der Waals surface area contributed by atoms with Crippen molar-refractivity contribution in [3.8, 4) is 44.5 Å². The lowest BCUT2D eigenvalue weighted by Crippen LogP contribution is -2.16. The monoisotopic (exact) mass is 712 g/mol. The van der Waals surface area contributed by atoms with Crippen LogP contribution >= 0.6 is 0 Å². The first-order valence-electron chi connectivity index (χ1n) is 19.6. The Balaban J connectivity index is 1.07. The van der Waals surface area contributed by atoms with E-state index in [0.29, 0.717) is 0 Å². The van der Waals surface area contributed by atoms with Gasteiger partial charge in [0.25, 0.3) is 0 Å². The summed E-state index contributed by atoms with van der Waals surface area (Å²) in [7, 11) is 0. The highest BCUT2D eigenvalue weighted by Gasteiger charge is 2.38. The fourth-order valence-corrected chi connectivity index (χ4v) is 10.1. The van der Waals surface area contributed by atoms with Crippen LogP contribution in [0.25, 0.3) is 110 Å². The van der Waals surface area contributed by atoms with Crippen molar-refractivity contribution in [3.63, 3.8) is 0 Å². The SMILES string of the molecule is CC1(C)c2cc3ccccc3cc2-c2cccc(-c3cccc(-c4c5ccccc5c(-c5ccc6oc7ccc8ccccc8c7c6c5)c5ccccc45)c3)c21. The van der Waals surface area contributed by atoms with E-state index in [1.54, 1.807) is 0 Å². The molecular weight excluding hydrogens is 677 g/mol. The van der Waals surface area contributed by atoms with Crippen LogP contribution in [-0.2, 0) is 5.41 Å². The molecule has 0 atom stereocenters. The Morgan fingerprint density at radius 3 is 1.62 bits per heavy atom. The van der Waals surface area contributed by atoms with E-state index in [-0.39, 0.29) is 5.41 Å². The van der Waals surface area contributed by atoms with Crippen molar-refractivity contribution in [1.29, 1.82) is 0 Å². The van der Waals surface area contributed by atoms with Gasteiger partial charge in [-0.1, -0.05) is 159 Å². The first-order chi connectivity index (χ1) is 27.5. The van der Waals surface area contributed by atoms with Crippen LogP contribution in [-0.4, -0.2) is 0 Å². The Morgan fingerprint density at radius 2 is 0.911 bits per heavy atom. The van der Waals surface area contributed by atoms with Crippen molar-refractivity contribution in [3.05, 3.63) is 193 Å². The van der Waals surface area contributed by atoms with E-state index >= 15 is 0 Å². The standard InChI is InChI=1S/C55H36O/c1-55(2)48-32-35-15-4-3-14-34(35)30-46(48)45-24-12-23-40(54(45)55)36-16-11-17-37(29-36)51-41-19-7-9-21-43(41)52(44-22-10-8-20-42(44)51)38-26-27-49-47(31-38)53-39-18-6-5-13-33(39)25-28-50(53)56-49/h3-32H,1-2H3. The molecule has 0 fully saturated rings. The molecule has 1 aromatic heterocycles. The molecule has 0 aliphatic heterocycles. The first-order valence-corrected chi connectivity index (χ1v) is 19.6. The Kier molecular flexibility index (Phi) is 6.46. The molecule has 1 aliphatic carbocycles. The average molecular weight is 713 g/mol. The minimum absolute atomic E-state index is 0.143. The van der Waals surface area contributed by atoms with Crippen LogP contribution in [0.1, 0.15) is 25.0 Å². The second-order valence-corrected chi connectivity index (χ2v) is 16.0. The number of furan rings is 1. The molecule has 56 heavy (non-hydrogen) atoms. The molecule has 0 amide bonds. The molecule has 0 spiro atoms. The summed E-state index contributed by atoms with van der Waals surface area (Å²) in [5.41, 5.74) is 14.7. The number of hydrogen-bond donors (Lipinski definition) is 0. The van der Waals surface area contributed by atoms with Crippen LogP contribution in [0.5, 0.6) is 0 Å². The van der Waals surface area contributed by atoms with Crippen LogP contribution in [0, 0.1) is 0 Å². The van der Waals surface area contributed by atoms with Crippen LogP contribution < -0.4 is 0 Å². The molecular formula is C55H36O. The van der Waals surface area contributed by atoms with Crippen LogP contribution in [0.2, 0.25) is 0 Å². The third-order valence-electron chi connectivity index (χ3n) is 12.6. The van der Waals surface area contributed by atoms with Gasteiger partial charge in [-0.3, -0.25) is 0 Å². The maximum Gasteiger partial charge on any atom is 0.136 e. The molecule has 1 heterocycles. The van der Waals surface area contributed by atoms with Crippen molar-refractivity contribution >= 4 is 65.0 Å². The van der Waals surface area contributed by atoms with Gasteiger partial charge in [0, 0.05) is 16.2 Å². The lowest BCUT2D eigenvalue weighted by Gasteiger charge is -2.25. The molecule has 0 radical (unpaired) electrons. The van der Waals surface area contributed by atoms with Gasteiger partial charge in [-0.25, -0.2) is 0 Å². The first kappa shape index (κ1) is 31.4. The van der Waals surface area contributed by atoms with Gasteiger partial charge in [-0.15, -0.1) is 0 Å². The van der Waals surface area contributed by atoms with Gasteiger partial charge < -0.3 is 4.42 Å². The minimum Gasteiger partial charge on any atom is -0.456 e. The van der Waals surface area contributed by atoms with E-state index in [0.717, 1.165) is 16.6 Å². The lowest BCUT2D eigenvalue weighted by molar-refractivity contribution is 0.663. The highest BCUT2D eigenvalue weighted by Crippen LogP contribution is 2.54. The van der Waals surface area contributed by atoms with Gasteiger partial charge in [0.05, 0.1) is 0 Å². The Bertz CT molecular complexity index is 3390. The van der Waals surface area contributed by atoms with Gasteiger partial charge in [-0.05, 0) is 135 Å². The van der Waals surface area contributed by atoms with Gasteiger partial charge in [0.15, 0.2) is 0 Å². The molecule has 10 aromatic carbocycles. The maximum absolute atomic E-state index is 6.43. The zero-order chi connectivity index (χ0) is 37.1. The van der Waals surface area contributed by atoms with E-state index in [4.69, 9.17) is 4.42 Å². The summed E-state index contributed by atoms with van der Waals surface area (Å²) in [6, 6.07) is 67.2. The summed E-state index contributed by atoms with van der Waals surface area (Å²) in [4.78, 5) is 0. The molecule has 0 unspecified atom stereocenters. The average Bonchev–Trinajstić information content (AvgIpc) is 3.73. The Morgan fingerprint density at radius 1 is 0.357 bits per heavy atom. The smallest absolute Gasteiger partial charge is 0.136 e. The lowest BCUT2D eigenvalue weighted by atomic mass is 9.78. The van der Waals surface area contributed by atoms with Crippen molar-refractivity contribution in [1.82, 2.24) is 0 Å². The summed E-state index contributed by atoms with van der Waals surface area (Å²) in [6.45, 7) is 4.79. The van der Waals surface area contributed by atoms with Crippen molar-refractivity contribution < 1.29 is 4.42 Å². The van der Waals surface area contributed by atoms with E-state index in [1.807, 2.05) is 0 Å². The number of rotatable bonds is 3. The largest absolute Gasteiger partial charge is 0.456 e. The Labute approximate surface area is 325 Å². The van der Waals surface area contributed by atoms with Gasteiger partial charge in [0.1, 0.15) is 11.2 Å². The fourth-order valence-electron chi connectivity index (χ4n) is 10.1. The highest BCUT2D eigenvalue weighted by atomic mass is 16.3.